The van der Waals surface area contributed by atoms with Gasteiger partial charge in [-0.1, -0.05) is 0 Å². The van der Waals surface area contributed by atoms with Gasteiger partial charge in [-0.25, -0.2) is 14.3 Å². The maximum atomic E-state index is 11.5. The summed E-state index contributed by atoms with van der Waals surface area (Å²) in [5.41, 5.74) is 1.22. The van der Waals surface area contributed by atoms with Crippen LogP contribution >= 0.6 is 0 Å². The molecule has 7 heteroatoms. The Morgan fingerprint density at radius 3 is 3.29 bits per heavy atom. The number of carbonyl (C=O) groups is 1. The molecule has 0 radical (unpaired) electrons. The number of fused-ring (bicyclic) bond motifs is 1. The molecule has 2 amide bonds. The molecule has 0 fully saturated rings. The zero-order valence-corrected chi connectivity index (χ0v) is 9.38. The average Bonchev–Trinajstić information content (AvgIpc) is 2.78. The molecule has 2 aromatic rings. The van der Waals surface area contributed by atoms with E-state index in [1.807, 2.05) is 0 Å². The lowest BCUT2D eigenvalue weighted by Crippen LogP contribution is -2.31. The minimum Gasteiger partial charge on any atom is -0.383 e. The van der Waals surface area contributed by atoms with Crippen LogP contribution in [-0.4, -0.2) is 40.9 Å². The van der Waals surface area contributed by atoms with Crippen LogP contribution in [0.15, 0.2) is 24.7 Å². The molecular formula is C10H13N5O2. The summed E-state index contributed by atoms with van der Waals surface area (Å²) in [7, 11) is 1.58. The van der Waals surface area contributed by atoms with Gasteiger partial charge in [0, 0.05) is 19.9 Å². The van der Waals surface area contributed by atoms with E-state index in [1.165, 1.54) is 6.33 Å². The van der Waals surface area contributed by atoms with Gasteiger partial charge in [0.2, 0.25) is 0 Å². The summed E-state index contributed by atoms with van der Waals surface area (Å²) in [6.45, 7) is 0.931. The number of ether oxygens (including phenoxy) is 1. The van der Waals surface area contributed by atoms with Crippen molar-refractivity contribution in [3.63, 3.8) is 0 Å². The van der Waals surface area contributed by atoms with Crippen LogP contribution in [-0.2, 0) is 4.74 Å². The molecule has 0 aliphatic heterocycles. The van der Waals surface area contributed by atoms with Crippen LogP contribution in [0.2, 0.25) is 0 Å². The molecule has 0 unspecified atom stereocenters. The van der Waals surface area contributed by atoms with Gasteiger partial charge >= 0.3 is 6.03 Å². The van der Waals surface area contributed by atoms with E-state index in [9.17, 15) is 4.79 Å². The van der Waals surface area contributed by atoms with Crippen molar-refractivity contribution < 1.29 is 9.53 Å². The lowest BCUT2D eigenvalue weighted by atomic mass is 10.4. The Hall–Kier alpha value is -2.15. The van der Waals surface area contributed by atoms with E-state index in [1.54, 1.807) is 30.0 Å². The fourth-order valence-corrected chi connectivity index (χ4v) is 1.38. The molecule has 0 spiro atoms. The molecule has 17 heavy (non-hydrogen) atoms. The molecule has 2 N–H and O–H groups in total. The molecule has 2 heterocycles. The van der Waals surface area contributed by atoms with Gasteiger partial charge in [-0.05, 0) is 12.1 Å². The maximum Gasteiger partial charge on any atom is 0.319 e. The van der Waals surface area contributed by atoms with Crippen LogP contribution in [0.4, 0.5) is 10.5 Å². The molecule has 0 aliphatic rings. The second kappa shape index (κ2) is 5.26. The van der Waals surface area contributed by atoms with Crippen LogP contribution in [0.5, 0.6) is 0 Å². The number of rotatable bonds is 4. The predicted octanol–water partition coefficient (Wildman–Crippen LogP) is 0.497. The Kier molecular flexibility index (Phi) is 3.51. The Balaban J connectivity index is 2.03. The van der Waals surface area contributed by atoms with Crippen molar-refractivity contribution in [3.05, 3.63) is 24.7 Å². The molecule has 0 saturated carbocycles. The topological polar surface area (TPSA) is 80.5 Å². The zero-order valence-electron chi connectivity index (χ0n) is 9.38. The standard InChI is InChI=1S/C10H13N5O2/c1-17-6-4-11-10(16)14-8-3-2-5-15-9(8)12-7-13-15/h2-3,5,7H,4,6H2,1H3,(H2,11,14,16). The third-order valence-electron chi connectivity index (χ3n) is 2.14. The first-order valence-electron chi connectivity index (χ1n) is 5.13. The SMILES string of the molecule is COCCNC(=O)Nc1cccn2ncnc12. The first-order valence-corrected chi connectivity index (χ1v) is 5.13. The van der Waals surface area contributed by atoms with Crippen LogP contribution in [0, 0.1) is 0 Å². The van der Waals surface area contributed by atoms with E-state index >= 15 is 0 Å². The van der Waals surface area contributed by atoms with Gasteiger partial charge in [0.05, 0.1) is 12.3 Å². The predicted molar refractivity (Wildman–Crippen MR) is 61.9 cm³/mol. The van der Waals surface area contributed by atoms with Crippen molar-refractivity contribution in [3.8, 4) is 0 Å². The number of methoxy groups -OCH3 is 1. The van der Waals surface area contributed by atoms with Gasteiger partial charge in [-0.3, -0.25) is 0 Å². The Morgan fingerprint density at radius 1 is 1.59 bits per heavy atom. The highest BCUT2D eigenvalue weighted by Gasteiger charge is 2.06. The highest BCUT2D eigenvalue weighted by atomic mass is 16.5. The Labute approximate surface area is 97.8 Å². The fraction of sp³-hybridized carbons (Fsp3) is 0.300. The second-order valence-corrected chi connectivity index (χ2v) is 3.32. The van der Waals surface area contributed by atoms with Crippen molar-refractivity contribution >= 4 is 17.4 Å². The van der Waals surface area contributed by atoms with Crippen LogP contribution in [0.25, 0.3) is 5.65 Å². The number of carbonyl (C=O) groups excluding carboxylic acids is 1. The molecule has 0 bridgehead atoms. The van der Waals surface area contributed by atoms with Gasteiger partial charge in [0.25, 0.3) is 0 Å². The lowest BCUT2D eigenvalue weighted by Gasteiger charge is -2.07. The van der Waals surface area contributed by atoms with Gasteiger partial charge in [0.15, 0.2) is 5.65 Å². The van der Waals surface area contributed by atoms with E-state index in [4.69, 9.17) is 4.74 Å². The molecule has 2 aromatic heterocycles. The summed E-state index contributed by atoms with van der Waals surface area (Å²) < 4.78 is 6.42. The van der Waals surface area contributed by atoms with Crippen molar-refractivity contribution in [1.29, 1.82) is 0 Å². The second-order valence-electron chi connectivity index (χ2n) is 3.32. The van der Waals surface area contributed by atoms with Crippen molar-refractivity contribution in [2.75, 3.05) is 25.6 Å². The smallest absolute Gasteiger partial charge is 0.319 e. The summed E-state index contributed by atoms with van der Waals surface area (Å²) >= 11 is 0. The highest BCUT2D eigenvalue weighted by Crippen LogP contribution is 2.12. The summed E-state index contributed by atoms with van der Waals surface area (Å²) in [5.74, 6) is 0. The molecule has 7 nitrogen and oxygen atoms in total. The quantitative estimate of drug-likeness (QED) is 0.756. The van der Waals surface area contributed by atoms with Crippen LogP contribution in [0.3, 0.4) is 0 Å². The van der Waals surface area contributed by atoms with E-state index in [-0.39, 0.29) is 6.03 Å². The minimum atomic E-state index is -0.293. The fourth-order valence-electron chi connectivity index (χ4n) is 1.38. The average molecular weight is 235 g/mol. The van der Waals surface area contributed by atoms with E-state index in [0.717, 1.165) is 0 Å². The van der Waals surface area contributed by atoms with Gasteiger partial charge in [0.1, 0.15) is 6.33 Å². The molecule has 0 saturated heterocycles. The largest absolute Gasteiger partial charge is 0.383 e. The van der Waals surface area contributed by atoms with Crippen molar-refractivity contribution in [1.82, 2.24) is 19.9 Å². The Bertz CT molecular complexity index is 510. The number of urea groups is 1. The van der Waals surface area contributed by atoms with Gasteiger partial charge in [-0.15, -0.1) is 0 Å². The third kappa shape index (κ3) is 2.70. The maximum absolute atomic E-state index is 11.5. The van der Waals surface area contributed by atoms with Crippen LogP contribution < -0.4 is 10.6 Å². The first-order chi connectivity index (χ1) is 8.31. The number of amides is 2. The molecule has 0 atom stereocenters. The molecule has 2 rings (SSSR count). The number of pyridine rings is 1. The van der Waals surface area contributed by atoms with Gasteiger partial charge in [-0.2, -0.15) is 5.10 Å². The number of nitrogens with one attached hydrogen (secondary N) is 2. The van der Waals surface area contributed by atoms with Crippen molar-refractivity contribution in [2.45, 2.75) is 0 Å². The summed E-state index contributed by atoms with van der Waals surface area (Å²) in [4.78, 5) is 15.6. The highest BCUT2D eigenvalue weighted by molar-refractivity contribution is 5.92. The summed E-state index contributed by atoms with van der Waals surface area (Å²) in [5, 5.41) is 9.33. The number of aromatic nitrogens is 3. The third-order valence-corrected chi connectivity index (χ3v) is 2.14. The van der Waals surface area contributed by atoms with Gasteiger partial charge < -0.3 is 15.4 Å². The molecule has 90 valence electrons. The molecular weight excluding hydrogens is 222 g/mol. The number of hydrogen-bond acceptors (Lipinski definition) is 4. The normalized spacial score (nSPS) is 10.4. The summed E-state index contributed by atoms with van der Waals surface area (Å²) in [6.07, 6.45) is 3.19. The number of hydrogen-bond donors (Lipinski definition) is 2. The van der Waals surface area contributed by atoms with E-state index in [0.29, 0.717) is 24.5 Å². The summed E-state index contributed by atoms with van der Waals surface area (Å²) in [6, 6.07) is 3.25. The molecule has 0 aliphatic carbocycles. The monoisotopic (exact) mass is 235 g/mol. The van der Waals surface area contributed by atoms with E-state index < -0.39 is 0 Å². The zero-order chi connectivity index (χ0) is 12.1. The molecule has 0 aromatic carbocycles. The van der Waals surface area contributed by atoms with Crippen LogP contribution in [0.1, 0.15) is 0 Å². The van der Waals surface area contributed by atoms with E-state index in [2.05, 4.69) is 20.7 Å². The minimum absolute atomic E-state index is 0.293. The van der Waals surface area contributed by atoms with Crippen molar-refractivity contribution in [2.24, 2.45) is 0 Å². The first kappa shape index (κ1) is 11.3. The lowest BCUT2D eigenvalue weighted by molar-refractivity contribution is 0.198. The number of anilines is 1. The number of nitrogens with zero attached hydrogens (tertiary/aromatic N) is 3. The Morgan fingerprint density at radius 2 is 2.47 bits per heavy atom.